The number of ether oxygens (including phenoxy) is 1. The van der Waals surface area contributed by atoms with Crippen molar-refractivity contribution in [1.82, 2.24) is 10.3 Å². The highest BCUT2D eigenvalue weighted by atomic mass is 79.9. The van der Waals surface area contributed by atoms with E-state index in [2.05, 4.69) is 31.5 Å². The molecule has 1 heterocycles. The average Bonchev–Trinajstić information content (AvgIpc) is 2.51. The van der Waals surface area contributed by atoms with Crippen LogP contribution in [0.25, 0.3) is 0 Å². The number of benzene rings is 1. The molecule has 0 atom stereocenters. The molecule has 0 aliphatic heterocycles. The molecule has 0 aliphatic rings. The van der Waals surface area contributed by atoms with Gasteiger partial charge in [-0.15, -0.1) is 0 Å². The topological polar surface area (TPSA) is 63.2 Å². The molecular formula is C16H18BrN3O2. The monoisotopic (exact) mass is 363 g/mol. The van der Waals surface area contributed by atoms with Crippen LogP contribution in [0, 0.1) is 6.92 Å². The minimum absolute atomic E-state index is 0.217. The van der Waals surface area contributed by atoms with Gasteiger partial charge in [-0.05, 0) is 36.8 Å². The van der Waals surface area contributed by atoms with Gasteiger partial charge in [-0.3, -0.25) is 9.78 Å². The van der Waals surface area contributed by atoms with Gasteiger partial charge in [0, 0.05) is 35.7 Å². The Morgan fingerprint density at radius 2 is 2.05 bits per heavy atom. The lowest BCUT2D eigenvalue weighted by atomic mass is 10.2. The highest BCUT2D eigenvalue weighted by Crippen LogP contribution is 2.23. The Morgan fingerprint density at radius 1 is 1.27 bits per heavy atom. The fourth-order valence-electron chi connectivity index (χ4n) is 1.83. The van der Waals surface area contributed by atoms with Crippen molar-refractivity contribution in [3.63, 3.8) is 0 Å². The highest BCUT2D eigenvalue weighted by molar-refractivity contribution is 9.10. The molecule has 2 rings (SSSR count). The van der Waals surface area contributed by atoms with Crippen LogP contribution in [0.1, 0.15) is 16.1 Å². The van der Waals surface area contributed by atoms with Crippen LogP contribution in [0.15, 0.2) is 41.0 Å². The zero-order valence-electron chi connectivity index (χ0n) is 12.5. The van der Waals surface area contributed by atoms with Crippen molar-refractivity contribution in [3.8, 4) is 0 Å². The summed E-state index contributed by atoms with van der Waals surface area (Å²) in [6.45, 7) is 2.96. The summed E-state index contributed by atoms with van der Waals surface area (Å²) in [7, 11) is 1.59. The van der Waals surface area contributed by atoms with E-state index in [1.54, 1.807) is 19.4 Å². The molecule has 0 radical (unpaired) electrons. The van der Waals surface area contributed by atoms with E-state index < -0.39 is 0 Å². The fourth-order valence-corrected chi connectivity index (χ4v) is 2.21. The molecule has 1 amide bonds. The van der Waals surface area contributed by atoms with Crippen LogP contribution in [-0.4, -0.2) is 31.2 Å². The van der Waals surface area contributed by atoms with Gasteiger partial charge in [-0.25, -0.2) is 0 Å². The van der Waals surface area contributed by atoms with E-state index in [9.17, 15) is 4.79 Å². The van der Waals surface area contributed by atoms with Crippen LogP contribution in [0.2, 0.25) is 0 Å². The van der Waals surface area contributed by atoms with E-state index >= 15 is 0 Å². The highest BCUT2D eigenvalue weighted by Gasteiger charge is 2.07. The van der Waals surface area contributed by atoms with E-state index in [1.165, 1.54) is 5.56 Å². The lowest BCUT2D eigenvalue weighted by Crippen LogP contribution is -2.27. The maximum atomic E-state index is 12.0. The molecule has 0 spiro atoms. The molecular weight excluding hydrogens is 346 g/mol. The SMILES string of the molecule is COCCNC(=O)c1cc(Nc2ccc(C)c(Br)c2)ccn1. The molecule has 1 aromatic carbocycles. The van der Waals surface area contributed by atoms with E-state index in [0.717, 1.165) is 15.8 Å². The number of nitrogens with one attached hydrogen (secondary N) is 2. The van der Waals surface area contributed by atoms with Crippen molar-refractivity contribution in [2.45, 2.75) is 6.92 Å². The van der Waals surface area contributed by atoms with Crippen molar-refractivity contribution in [1.29, 1.82) is 0 Å². The van der Waals surface area contributed by atoms with E-state index in [4.69, 9.17) is 4.74 Å². The van der Waals surface area contributed by atoms with Crippen molar-refractivity contribution < 1.29 is 9.53 Å². The van der Waals surface area contributed by atoms with E-state index in [-0.39, 0.29) is 5.91 Å². The summed E-state index contributed by atoms with van der Waals surface area (Å²) in [4.78, 5) is 16.0. The number of anilines is 2. The number of methoxy groups -OCH3 is 1. The summed E-state index contributed by atoms with van der Waals surface area (Å²) in [5, 5.41) is 6.01. The first kappa shape index (κ1) is 16.5. The third-order valence-corrected chi connectivity index (χ3v) is 3.90. The number of carbonyl (C=O) groups is 1. The van der Waals surface area contributed by atoms with Crippen molar-refractivity contribution in [2.75, 3.05) is 25.6 Å². The molecule has 2 N–H and O–H groups in total. The van der Waals surface area contributed by atoms with Gasteiger partial charge < -0.3 is 15.4 Å². The first-order valence-corrected chi connectivity index (χ1v) is 7.66. The Bertz CT molecular complexity index is 662. The number of rotatable bonds is 6. The lowest BCUT2D eigenvalue weighted by molar-refractivity contribution is 0.0932. The fraction of sp³-hybridized carbons (Fsp3) is 0.250. The van der Waals surface area contributed by atoms with Crippen molar-refractivity contribution in [2.24, 2.45) is 0 Å². The van der Waals surface area contributed by atoms with Crippen LogP contribution >= 0.6 is 15.9 Å². The molecule has 22 heavy (non-hydrogen) atoms. The predicted molar refractivity (Wildman–Crippen MR) is 90.6 cm³/mol. The molecule has 1 aromatic heterocycles. The largest absolute Gasteiger partial charge is 0.383 e. The second kappa shape index (κ2) is 7.91. The van der Waals surface area contributed by atoms with Gasteiger partial charge in [0.1, 0.15) is 5.69 Å². The van der Waals surface area contributed by atoms with E-state index in [1.807, 2.05) is 31.2 Å². The summed E-state index contributed by atoms with van der Waals surface area (Å²) >= 11 is 3.50. The number of aryl methyl sites for hydroxylation is 1. The van der Waals surface area contributed by atoms with Crippen LogP contribution in [0.3, 0.4) is 0 Å². The lowest BCUT2D eigenvalue weighted by Gasteiger charge is -2.09. The zero-order chi connectivity index (χ0) is 15.9. The molecule has 0 aliphatic carbocycles. The number of halogens is 1. The Hall–Kier alpha value is -1.92. The number of aromatic nitrogens is 1. The summed E-state index contributed by atoms with van der Waals surface area (Å²) in [5.74, 6) is -0.217. The summed E-state index contributed by atoms with van der Waals surface area (Å²) in [5.41, 5.74) is 3.28. The number of carbonyl (C=O) groups excluding carboxylic acids is 1. The molecule has 0 unspecified atom stereocenters. The molecule has 116 valence electrons. The molecule has 5 nitrogen and oxygen atoms in total. The molecule has 0 fully saturated rings. The molecule has 0 saturated heterocycles. The standard InChI is InChI=1S/C16H18BrN3O2/c1-11-3-4-12(9-14(11)17)20-13-5-6-18-15(10-13)16(21)19-7-8-22-2/h3-6,9-10H,7-8H2,1-2H3,(H,18,20)(H,19,21). The normalized spacial score (nSPS) is 10.3. The first-order valence-electron chi connectivity index (χ1n) is 6.86. The van der Waals surface area contributed by atoms with Gasteiger partial charge in [0.15, 0.2) is 0 Å². The maximum Gasteiger partial charge on any atom is 0.270 e. The van der Waals surface area contributed by atoms with Gasteiger partial charge >= 0.3 is 0 Å². The molecule has 6 heteroatoms. The average molecular weight is 364 g/mol. The first-order chi connectivity index (χ1) is 10.6. The van der Waals surface area contributed by atoms with Gasteiger partial charge in [0.2, 0.25) is 0 Å². The minimum atomic E-state index is -0.217. The van der Waals surface area contributed by atoms with Crippen LogP contribution in [-0.2, 0) is 4.74 Å². The molecule has 0 bridgehead atoms. The van der Waals surface area contributed by atoms with Gasteiger partial charge in [-0.2, -0.15) is 0 Å². The Morgan fingerprint density at radius 3 is 2.77 bits per heavy atom. The maximum absolute atomic E-state index is 12.0. The van der Waals surface area contributed by atoms with Gasteiger partial charge in [-0.1, -0.05) is 22.0 Å². The summed E-state index contributed by atoms with van der Waals surface area (Å²) in [6.07, 6.45) is 1.61. The molecule has 0 saturated carbocycles. The predicted octanol–water partition coefficient (Wildman–Crippen LogP) is 3.27. The summed E-state index contributed by atoms with van der Waals surface area (Å²) in [6, 6.07) is 9.54. The molecule has 2 aromatic rings. The second-order valence-electron chi connectivity index (χ2n) is 4.77. The van der Waals surface area contributed by atoms with Crippen molar-refractivity contribution >= 4 is 33.2 Å². The number of nitrogens with zero attached hydrogens (tertiary/aromatic N) is 1. The Labute approximate surface area is 138 Å². The number of amides is 1. The van der Waals surface area contributed by atoms with E-state index in [0.29, 0.717) is 18.8 Å². The smallest absolute Gasteiger partial charge is 0.270 e. The van der Waals surface area contributed by atoms with Gasteiger partial charge in [0.25, 0.3) is 5.91 Å². The third-order valence-electron chi connectivity index (χ3n) is 3.04. The van der Waals surface area contributed by atoms with Crippen LogP contribution in [0.5, 0.6) is 0 Å². The third kappa shape index (κ3) is 4.54. The minimum Gasteiger partial charge on any atom is -0.383 e. The number of hydrogen-bond acceptors (Lipinski definition) is 4. The summed E-state index contributed by atoms with van der Waals surface area (Å²) < 4.78 is 5.93. The second-order valence-corrected chi connectivity index (χ2v) is 5.62. The number of hydrogen-bond donors (Lipinski definition) is 2. The van der Waals surface area contributed by atoms with Crippen LogP contribution < -0.4 is 10.6 Å². The Balaban J connectivity index is 2.07. The van der Waals surface area contributed by atoms with Crippen LogP contribution in [0.4, 0.5) is 11.4 Å². The Kier molecular flexibility index (Phi) is 5.91. The quantitative estimate of drug-likeness (QED) is 0.773. The zero-order valence-corrected chi connectivity index (χ0v) is 14.1. The number of pyridine rings is 1. The van der Waals surface area contributed by atoms with Gasteiger partial charge in [0.05, 0.1) is 6.61 Å². The van der Waals surface area contributed by atoms with Crippen molar-refractivity contribution in [3.05, 3.63) is 52.3 Å².